The van der Waals surface area contributed by atoms with Crippen molar-refractivity contribution in [1.82, 2.24) is 9.38 Å². The molecule has 0 N–H and O–H groups in total. The fourth-order valence-corrected chi connectivity index (χ4v) is 3.44. The minimum Gasteiger partial charge on any atom is -0.284 e. The second-order valence-electron chi connectivity index (χ2n) is 4.53. The van der Waals surface area contributed by atoms with Crippen LogP contribution < -0.4 is 5.56 Å². The van der Waals surface area contributed by atoms with Crippen molar-refractivity contribution in [2.24, 2.45) is 0 Å². The number of para-hydroxylation sites is 1. The molecule has 0 fully saturated rings. The van der Waals surface area contributed by atoms with Gasteiger partial charge in [0, 0.05) is 6.07 Å². The van der Waals surface area contributed by atoms with E-state index < -0.39 is 0 Å². The lowest BCUT2D eigenvalue weighted by Crippen LogP contribution is -2.08. The Morgan fingerprint density at radius 2 is 1.70 bits per heavy atom. The molecule has 0 atom stereocenters. The van der Waals surface area contributed by atoms with Gasteiger partial charge in [-0.05, 0) is 17.7 Å². The van der Waals surface area contributed by atoms with Crippen LogP contribution in [0, 0.1) is 0 Å². The van der Waals surface area contributed by atoms with Crippen LogP contribution in [0.15, 0.2) is 65.5 Å². The molecule has 2 aromatic heterocycles. The summed E-state index contributed by atoms with van der Waals surface area (Å²) < 4.78 is 3.18. The zero-order valence-electron chi connectivity index (χ0n) is 10.5. The third kappa shape index (κ3) is 1.66. The normalized spacial score (nSPS) is 11.2. The second kappa shape index (κ2) is 4.28. The quantitative estimate of drug-likeness (QED) is 0.533. The maximum atomic E-state index is 11.8. The van der Waals surface area contributed by atoms with Crippen molar-refractivity contribution in [3.63, 3.8) is 0 Å². The molecular formula is C16H10N2OS. The molecule has 0 spiro atoms. The lowest BCUT2D eigenvalue weighted by molar-refractivity contribution is 1.15. The molecule has 0 unspecified atom stereocenters. The Hall–Kier alpha value is -2.46. The van der Waals surface area contributed by atoms with Gasteiger partial charge >= 0.3 is 0 Å². The van der Waals surface area contributed by atoms with E-state index in [-0.39, 0.29) is 5.56 Å². The molecule has 0 amide bonds. The van der Waals surface area contributed by atoms with Crippen LogP contribution in [0.25, 0.3) is 26.4 Å². The minimum absolute atomic E-state index is 0.199. The van der Waals surface area contributed by atoms with Gasteiger partial charge in [-0.15, -0.1) is 0 Å². The fourth-order valence-electron chi connectivity index (χ4n) is 2.41. The summed E-state index contributed by atoms with van der Waals surface area (Å²) in [6.07, 6.45) is 0. The molecule has 4 aromatic rings. The third-order valence-electron chi connectivity index (χ3n) is 3.28. The Bertz CT molecular complexity index is 970. The molecule has 0 aliphatic rings. The first-order chi connectivity index (χ1) is 9.83. The first-order valence-electron chi connectivity index (χ1n) is 6.30. The zero-order valence-corrected chi connectivity index (χ0v) is 11.3. The standard InChI is InChI=1S/C16H10N2OS/c19-15-10-13(11-6-2-1-3-7-11)18-12-8-4-5-9-14(12)20-16(18)17-15/h1-10H. The lowest BCUT2D eigenvalue weighted by Gasteiger charge is -2.05. The van der Waals surface area contributed by atoms with Crippen molar-refractivity contribution in [2.45, 2.75) is 0 Å². The SMILES string of the molecule is O=c1cc(-c2ccccc2)n2c(n1)sc1ccccc12. The van der Waals surface area contributed by atoms with E-state index in [0.717, 1.165) is 26.4 Å². The van der Waals surface area contributed by atoms with Crippen LogP contribution in [0.3, 0.4) is 0 Å². The number of hydrogen-bond donors (Lipinski definition) is 0. The van der Waals surface area contributed by atoms with E-state index in [4.69, 9.17) is 0 Å². The maximum Gasteiger partial charge on any atom is 0.274 e. The van der Waals surface area contributed by atoms with Crippen LogP contribution in [-0.2, 0) is 0 Å². The topological polar surface area (TPSA) is 34.4 Å². The van der Waals surface area contributed by atoms with Crippen molar-refractivity contribution in [3.05, 3.63) is 71.0 Å². The molecular weight excluding hydrogens is 268 g/mol. The van der Waals surface area contributed by atoms with Crippen LogP contribution in [0.1, 0.15) is 0 Å². The van der Waals surface area contributed by atoms with Gasteiger partial charge in [0.2, 0.25) is 0 Å². The largest absolute Gasteiger partial charge is 0.284 e. The second-order valence-corrected chi connectivity index (χ2v) is 5.54. The maximum absolute atomic E-state index is 11.8. The average molecular weight is 278 g/mol. The first-order valence-corrected chi connectivity index (χ1v) is 7.11. The highest BCUT2D eigenvalue weighted by molar-refractivity contribution is 7.23. The third-order valence-corrected chi connectivity index (χ3v) is 4.30. The number of rotatable bonds is 1. The van der Waals surface area contributed by atoms with E-state index in [1.807, 2.05) is 48.5 Å². The Labute approximate surface area is 118 Å². The van der Waals surface area contributed by atoms with Gasteiger partial charge in [0.05, 0.1) is 15.9 Å². The number of fused-ring (bicyclic) bond motifs is 3. The van der Waals surface area contributed by atoms with Crippen molar-refractivity contribution < 1.29 is 0 Å². The zero-order chi connectivity index (χ0) is 13.5. The van der Waals surface area contributed by atoms with E-state index in [9.17, 15) is 4.79 Å². The fraction of sp³-hybridized carbons (Fsp3) is 0. The number of aromatic nitrogens is 2. The van der Waals surface area contributed by atoms with Gasteiger partial charge in [-0.2, -0.15) is 4.98 Å². The molecule has 2 aromatic carbocycles. The molecule has 0 radical (unpaired) electrons. The molecule has 20 heavy (non-hydrogen) atoms. The average Bonchev–Trinajstić information content (AvgIpc) is 2.85. The first kappa shape index (κ1) is 11.4. The predicted molar refractivity (Wildman–Crippen MR) is 82.3 cm³/mol. The molecule has 0 saturated heterocycles. The summed E-state index contributed by atoms with van der Waals surface area (Å²) in [5.41, 5.74) is 2.79. The van der Waals surface area contributed by atoms with Gasteiger partial charge in [0.25, 0.3) is 5.56 Å². The molecule has 96 valence electrons. The summed E-state index contributed by atoms with van der Waals surface area (Å²) in [7, 11) is 0. The van der Waals surface area contributed by atoms with Crippen molar-refractivity contribution in [1.29, 1.82) is 0 Å². The summed E-state index contributed by atoms with van der Waals surface area (Å²) >= 11 is 1.54. The minimum atomic E-state index is -0.199. The molecule has 4 rings (SSSR count). The van der Waals surface area contributed by atoms with E-state index in [1.54, 1.807) is 6.07 Å². The van der Waals surface area contributed by atoms with Crippen molar-refractivity contribution in [2.75, 3.05) is 0 Å². The number of thiazole rings is 1. The lowest BCUT2D eigenvalue weighted by atomic mass is 10.1. The monoisotopic (exact) mass is 278 g/mol. The van der Waals surface area contributed by atoms with Gasteiger partial charge < -0.3 is 0 Å². The Morgan fingerprint density at radius 1 is 0.950 bits per heavy atom. The molecule has 4 heteroatoms. The van der Waals surface area contributed by atoms with Gasteiger partial charge in [0.15, 0.2) is 4.96 Å². The Kier molecular flexibility index (Phi) is 2.44. The molecule has 0 aliphatic carbocycles. The van der Waals surface area contributed by atoms with Crippen molar-refractivity contribution in [3.8, 4) is 11.3 Å². The molecule has 2 heterocycles. The Morgan fingerprint density at radius 3 is 2.55 bits per heavy atom. The molecule has 0 aliphatic heterocycles. The molecule has 0 saturated carbocycles. The van der Waals surface area contributed by atoms with Crippen LogP contribution >= 0.6 is 11.3 Å². The number of hydrogen-bond acceptors (Lipinski definition) is 3. The van der Waals surface area contributed by atoms with Crippen LogP contribution in [0.4, 0.5) is 0 Å². The summed E-state index contributed by atoms with van der Waals surface area (Å²) in [4.78, 5) is 16.7. The van der Waals surface area contributed by atoms with Crippen LogP contribution in [-0.4, -0.2) is 9.38 Å². The number of nitrogens with zero attached hydrogens (tertiary/aromatic N) is 2. The van der Waals surface area contributed by atoms with Crippen LogP contribution in [0.2, 0.25) is 0 Å². The Balaban J connectivity index is 2.22. The summed E-state index contributed by atoms with van der Waals surface area (Å²) in [5.74, 6) is 0. The van der Waals surface area contributed by atoms with E-state index in [1.165, 1.54) is 11.3 Å². The number of benzene rings is 2. The summed E-state index contributed by atoms with van der Waals surface area (Å²) in [5, 5.41) is 0. The highest BCUT2D eigenvalue weighted by Crippen LogP contribution is 2.29. The van der Waals surface area contributed by atoms with Gasteiger partial charge in [-0.1, -0.05) is 53.8 Å². The van der Waals surface area contributed by atoms with Gasteiger partial charge in [0.1, 0.15) is 0 Å². The summed E-state index contributed by atoms with van der Waals surface area (Å²) in [6.45, 7) is 0. The van der Waals surface area contributed by atoms with Gasteiger partial charge in [-0.3, -0.25) is 9.20 Å². The van der Waals surface area contributed by atoms with E-state index in [2.05, 4.69) is 15.5 Å². The van der Waals surface area contributed by atoms with E-state index >= 15 is 0 Å². The highest BCUT2D eigenvalue weighted by Gasteiger charge is 2.11. The molecule has 3 nitrogen and oxygen atoms in total. The summed E-state index contributed by atoms with van der Waals surface area (Å²) in [6, 6.07) is 19.6. The van der Waals surface area contributed by atoms with Crippen molar-refractivity contribution >= 4 is 26.5 Å². The molecule has 0 bridgehead atoms. The van der Waals surface area contributed by atoms with Gasteiger partial charge in [-0.25, -0.2) is 0 Å². The van der Waals surface area contributed by atoms with Crippen LogP contribution in [0.5, 0.6) is 0 Å². The highest BCUT2D eigenvalue weighted by atomic mass is 32.1. The smallest absolute Gasteiger partial charge is 0.274 e. The predicted octanol–water partition coefficient (Wildman–Crippen LogP) is 3.58. The van der Waals surface area contributed by atoms with E-state index in [0.29, 0.717) is 0 Å².